The minimum atomic E-state index is -0.407. The van der Waals surface area contributed by atoms with Crippen molar-refractivity contribution >= 4 is 11.9 Å². The third-order valence-electron chi connectivity index (χ3n) is 4.02. The van der Waals surface area contributed by atoms with Gasteiger partial charge in [-0.3, -0.25) is 9.79 Å². The molecule has 0 bridgehead atoms. The standard InChI is InChI=1S/C18H26N4O/c1-20-18(21-11-10-14-6-3-2-4-7-14)22-13-15-8-5-9-16(12-15)17(19)23/h5-6,8-9,12H,2-4,7,10-11,13H2,1H3,(H2,19,23)(H2,20,21,22). The number of benzene rings is 1. The van der Waals surface area contributed by atoms with E-state index in [2.05, 4.69) is 21.7 Å². The van der Waals surface area contributed by atoms with Crippen molar-refractivity contribution in [1.82, 2.24) is 10.6 Å². The maximum absolute atomic E-state index is 11.2. The van der Waals surface area contributed by atoms with Gasteiger partial charge >= 0.3 is 0 Å². The average molecular weight is 314 g/mol. The van der Waals surface area contributed by atoms with Crippen molar-refractivity contribution in [3.05, 3.63) is 47.0 Å². The maximum atomic E-state index is 11.2. The third-order valence-corrected chi connectivity index (χ3v) is 4.02. The molecule has 1 aliphatic carbocycles. The largest absolute Gasteiger partial charge is 0.366 e. The lowest BCUT2D eigenvalue weighted by atomic mass is 9.97. The molecule has 0 fully saturated rings. The number of amides is 1. The summed E-state index contributed by atoms with van der Waals surface area (Å²) in [4.78, 5) is 15.4. The van der Waals surface area contributed by atoms with Gasteiger partial charge in [-0.25, -0.2) is 0 Å². The first-order chi connectivity index (χ1) is 11.2. The molecule has 0 saturated heterocycles. The molecule has 0 atom stereocenters. The van der Waals surface area contributed by atoms with Gasteiger partial charge in [0.2, 0.25) is 5.91 Å². The predicted molar refractivity (Wildman–Crippen MR) is 94.3 cm³/mol. The summed E-state index contributed by atoms with van der Waals surface area (Å²) in [6.45, 7) is 1.48. The lowest BCUT2D eigenvalue weighted by Gasteiger charge is -2.15. The van der Waals surface area contributed by atoms with Crippen LogP contribution in [-0.4, -0.2) is 25.5 Å². The molecule has 0 saturated carbocycles. The van der Waals surface area contributed by atoms with E-state index in [0.29, 0.717) is 12.1 Å². The quantitative estimate of drug-likeness (QED) is 0.428. The number of nitrogens with one attached hydrogen (secondary N) is 2. The molecule has 0 aromatic heterocycles. The van der Waals surface area contributed by atoms with Crippen molar-refractivity contribution in [3.8, 4) is 0 Å². The predicted octanol–water partition coefficient (Wildman–Crippen LogP) is 2.34. The number of carbonyl (C=O) groups excluding carboxylic acids is 1. The first kappa shape index (κ1) is 17.1. The van der Waals surface area contributed by atoms with Crippen molar-refractivity contribution in [2.45, 2.75) is 38.6 Å². The van der Waals surface area contributed by atoms with Crippen LogP contribution in [0.3, 0.4) is 0 Å². The summed E-state index contributed by atoms with van der Waals surface area (Å²) in [7, 11) is 1.76. The Morgan fingerprint density at radius 1 is 1.30 bits per heavy atom. The Morgan fingerprint density at radius 2 is 2.17 bits per heavy atom. The van der Waals surface area contributed by atoms with Crippen molar-refractivity contribution in [1.29, 1.82) is 0 Å². The Hall–Kier alpha value is -2.30. The van der Waals surface area contributed by atoms with Gasteiger partial charge in [0.05, 0.1) is 0 Å². The van der Waals surface area contributed by atoms with Crippen molar-refractivity contribution < 1.29 is 4.79 Å². The number of primary amides is 1. The Bertz CT molecular complexity index is 592. The van der Waals surface area contributed by atoms with Gasteiger partial charge in [-0.1, -0.05) is 23.8 Å². The second kappa shape index (κ2) is 8.98. The van der Waals surface area contributed by atoms with E-state index in [4.69, 9.17) is 5.73 Å². The van der Waals surface area contributed by atoms with Gasteiger partial charge in [0, 0.05) is 25.7 Å². The molecule has 0 heterocycles. The zero-order chi connectivity index (χ0) is 16.5. The normalized spacial score (nSPS) is 15.0. The Labute approximate surface area is 138 Å². The number of hydrogen-bond donors (Lipinski definition) is 3. The zero-order valence-corrected chi connectivity index (χ0v) is 13.8. The molecule has 0 spiro atoms. The lowest BCUT2D eigenvalue weighted by Crippen LogP contribution is -2.37. The molecule has 1 aliphatic rings. The van der Waals surface area contributed by atoms with E-state index in [1.165, 1.54) is 25.7 Å². The highest BCUT2D eigenvalue weighted by atomic mass is 16.1. The van der Waals surface area contributed by atoms with E-state index in [9.17, 15) is 4.79 Å². The second-order valence-corrected chi connectivity index (χ2v) is 5.78. The number of rotatable bonds is 6. The zero-order valence-electron chi connectivity index (χ0n) is 13.8. The molecule has 5 nitrogen and oxygen atoms in total. The van der Waals surface area contributed by atoms with Gasteiger partial charge in [0.15, 0.2) is 5.96 Å². The minimum absolute atomic E-state index is 0.407. The van der Waals surface area contributed by atoms with Crippen LogP contribution in [0.1, 0.15) is 48.0 Å². The van der Waals surface area contributed by atoms with Crippen LogP contribution in [-0.2, 0) is 6.54 Å². The lowest BCUT2D eigenvalue weighted by molar-refractivity contribution is 0.1000. The van der Waals surface area contributed by atoms with Crippen molar-refractivity contribution in [3.63, 3.8) is 0 Å². The van der Waals surface area contributed by atoms with Crippen LogP contribution in [0.2, 0.25) is 0 Å². The number of aliphatic imine (C=N–C) groups is 1. The summed E-state index contributed by atoms with van der Waals surface area (Å²) >= 11 is 0. The highest BCUT2D eigenvalue weighted by molar-refractivity contribution is 5.92. The Balaban J connectivity index is 1.77. The summed E-state index contributed by atoms with van der Waals surface area (Å²) in [6.07, 6.45) is 8.53. The van der Waals surface area contributed by atoms with Crippen LogP contribution in [0.15, 0.2) is 40.9 Å². The van der Waals surface area contributed by atoms with Gasteiger partial charge < -0.3 is 16.4 Å². The van der Waals surface area contributed by atoms with E-state index >= 15 is 0 Å². The molecule has 0 aliphatic heterocycles. The molecule has 23 heavy (non-hydrogen) atoms. The first-order valence-corrected chi connectivity index (χ1v) is 8.20. The third kappa shape index (κ3) is 5.77. The number of allylic oxidation sites excluding steroid dienone is 1. The number of carbonyl (C=O) groups is 1. The molecule has 0 radical (unpaired) electrons. The van der Waals surface area contributed by atoms with E-state index < -0.39 is 5.91 Å². The van der Waals surface area contributed by atoms with Crippen LogP contribution in [0, 0.1) is 0 Å². The fourth-order valence-electron chi connectivity index (χ4n) is 2.71. The molecule has 0 unspecified atom stereocenters. The molecule has 5 heteroatoms. The highest BCUT2D eigenvalue weighted by Crippen LogP contribution is 2.19. The van der Waals surface area contributed by atoms with Crippen molar-refractivity contribution in [2.75, 3.05) is 13.6 Å². The SMILES string of the molecule is CN=C(NCCC1=CCCCC1)NCc1cccc(C(N)=O)c1. The van der Waals surface area contributed by atoms with Gasteiger partial charge in [-0.05, 0) is 49.8 Å². The number of guanidine groups is 1. The van der Waals surface area contributed by atoms with Crippen molar-refractivity contribution in [2.24, 2.45) is 10.7 Å². The first-order valence-electron chi connectivity index (χ1n) is 8.20. The summed E-state index contributed by atoms with van der Waals surface area (Å²) in [5.41, 5.74) is 8.37. The molecule has 1 amide bonds. The topological polar surface area (TPSA) is 79.5 Å². The van der Waals surface area contributed by atoms with Crippen LogP contribution in [0.25, 0.3) is 0 Å². The monoisotopic (exact) mass is 314 g/mol. The highest BCUT2D eigenvalue weighted by Gasteiger charge is 2.05. The summed E-state index contributed by atoms with van der Waals surface area (Å²) in [5, 5.41) is 6.59. The van der Waals surface area contributed by atoms with Gasteiger partial charge in [-0.2, -0.15) is 0 Å². The second-order valence-electron chi connectivity index (χ2n) is 5.78. The van der Waals surface area contributed by atoms with Crippen LogP contribution < -0.4 is 16.4 Å². The molecule has 1 aromatic rings. The summed E-state index contributed by atoms with van der Waals surface area (Å²) in [5.74, 6) is 0.362. The van der Waals surface area contributed by atoms with Crippen LogP contribution in [0.5, 0.6) is 0 Å². The molecular formula is C18H26N4O. The maximum Gasteiger partial charge on any atom is 0.248 e. The molecular weight excluding hydrogens is 288 g/mol. The fourth-order valence-corrected chi connectivity index (χ4v) is 2.71. The van der Waals surface area contributed by atoms with E-state index in [-0.39, 0.29) is 0 Å². The minimum Gasteiger partial charge on any atom is -0.366 e. The smallest absolute Gasteiger partial charge is 0.248 e. The van der Waals surface area contributed by atoms with Crippen LogP contribution in [0.4, 0.5) is 0 Å². The Kier molecular flexibility index (Phi) is 6.66. The van der Waals surface area contributed by atoms with Gasteiger partial charge in [0.25, 0.3) is 0 Å². The summed E-state index contributed by atoms with van der Waals surface area (Å²) < 4.78 is 0. The van der Waals surface area contributed by atoms with E-state index in [1.54, 1.807) is 24.8 Å². The number of nitrogens with zero attached hydrogens (tertiary/aromatic N) is 1. The van der Waals surface area contributed by atoms with Crippen LogP contribution >= 0.6 is 0 Å². The average Bonchev–Trinajstić information content (AvgIpc) is 2.59. The molecule has 4 N–H and O–H groups in total. The number of hydrogen-bond acceptors (Lipinski definition) is 2. The van der Waals surface area contributed by atoms with Gasteiger partial charge in [0.1, 0.15) is 0 Å². The molecule has 2 rings (SSSR count). The summed E-state index contributed by atoms with van der Waals surface area (Å²) in [6, 6.07) is 7.31. The van der Waals surface area contributed by atoms with E-state index in [1.807, 2.05) is 12.1 Å². The number of nitrogens with two attached hydrogens (primary N) is 1. The molecule has 124 valence electrons. The Morgan fingerprint density at radius 3 is 2.87 bits per heavy atom. The molecule has 1 aromatic carbocycles. The van der Waals surface area contributed by atoms with E-state index in [0.717, 1.165) is 24.5 Å². The van der Waals surface area contributed by atoms with Gasteiger partial charge in [-0.15, -0.1) is 0 Å². The fraction of sp³-hybridized carbons (Fsp3) is 0.444.